The topological polar surface area (TPSA) is 59.8 Å². The Morgan fingerprint density at radius 2 is 1.81 bits per heavy atom. The zero-order valence-corrected chi connectivity index (χ0v) is 18.1. The van der Waals surface area contributed by atoms with Gasteiger partial charge >= 0.3 is 0 Å². The number of hydrogen-bond acceptors (Lipinski definition) is 5. The molecule has 4 aromatic rings. The van der Waals surface area contributed by atoms with Gasteiger partial charge in [0.15, 0.2) is 0 Å². The van der Waals surface area contributed by atoms with Gasteiger partial charge in [-0.1, -0.05) is 30.3 Å². The third-order valence-electron chi connectivity index (χ3n) is 6.62. The first-order valence-corrected chi connectivity index (χ1v) is 11.8. The third-order valence-corrected chi connectivity index (χ3v) is 7.78. The fourth-order valence-corrected chi connectivity index (χ4v) is 6.39. The second-order valence-electron chi connectivity index (χ2n) is 8.66. The normalized spacial score (nSPS) is 18.3. The van der Waals surface area contributed by atoms with E-state index in [-0.39, 0.29) is 5.56 Å². The van der Waals surface area contributed by atoms with Crippen LogP contribution in [0.25, 0.3) is 10.2 Å². The number of aromatic nitrogens is 3. The van der Waals surface area contributed by atoms with Crippen LogP contribution in [-0.4, -0.2) is 26.6 Å². The summed E-state index contributed by atoms with van der Waals surface area (Å²) in [7, 11) is 0. The molecule has 2 aliphatic carbocycles. The van der Waals surface area contributed by atoms with E-state index in [1.165, 1.54) is 21.6 Å². The molecular formula is C25H24N4OS. The lowest BCUT2D eigenvalue weighted by Gasteiger charge is -2.26. The Hall–Kier alpha value is -2.83. The first kappa shape index (κ1) is 18.9. The van der Waals surface area contributed by atoms with Crippen molar-refractivity contribution in [3.63, 3.8) is 0 Å². The number of nitrogens with one attached hydrogen (secondary N) is 1. The molecule has 0 aliphatic heterocycles. The van der Waals surface area contributed by atoms with Crippen molar-refractivity contribution in [3.8, 4) is 0 Å². The van der Waals surface area contributed by atoms with E-state index in [4.69, 9.17) is 0 Å². The van der Waals surface area contributed by atoms with E-state index in [9.17, 15) is 4.79 Å². The fraction of sp³-hybridized carbons (Fsp3) is 0.320. The van der Waals surface area contributed by atoms with Gasteiger partial charge in [0, 0.05) is 23.2 Å². The summed E-state index contributed by atoms with van der Waals surface area (Å²) in [4.78, 5) is 24.4. The number of pyridine rings is 1. The standard InChI is InChI=1S/C25H24N4OS/c30-25-23-21-9-8-18(28-20-11-16-5-1-2-6-17(16)12-20)13-22(21)31-24(23)27-15-29(25)14-19-7-3-4-10-26-19/h1-7,10,15,18,20,28H,8-9,11-14H2. The summed E-state index contributed by atoms with van der Waals surface area (Å²) in [6.45, 7) is 0.458. The van der Waals surface area contributed by atoms with Crippen molar-refractivity contribution >= 4 is 21.6 Å². The molecule has 0 saturated heterocycles. The number of benzene rings is 1. The minimum atomic E-state index is 0.0609. The molecule has 31 heavy (non-hydrogen) atoms. The summed E-state index contributed by atoms with van der Waals surface area (Å²) in [5, 5.41) is 4.73. The molecule has 2 aliphatic rings. The summed E-state index contributed by atoms with van der Waals surface area (Å²) in [5.41, 5.74) is 5.12. The van der Waals surface area contributed by atoms with Gasteiger partial charge in [0.2, 0.25) is 0 Å². The van der Waals surface area contributed by atoms with E-state index in [1.807, 2.05) is 18.2 Å². The molecule has 6 rings (SSSR count). The molecule has 1 atom stereocenters. The van der Waals surface area contributed by atoms with Gasteiger partial charge in [-0.3, -0.25) is 14.3 Å². The molecule has 3 heterocycles. The number of thiophene rings is 1. The van der Waals surface area contributed by atoms with Gasteiger partial charge in [0.25, 0.3) is 5.56 Å². The Balaban J connectivity index is 1.23. The lowest BCUT2D eigenvalue weighted by Crippen LogP contribution is -2.41. The first-order chi connectivity index (χ1) is 15.2. The number of nitrogens with zero attached hydrogens (tertiary/aromatic N) is 3. The minimum absolute atomic E-state index is 0.0609. The highest BCUT2D eigenvalue weighted by Gasteiger charge is 2.28. The Labute approximate surface area is 184 Å². The molecule has 1 unspecified atom stereocenters. The van der Waals surface area contributed by atoms with Gasteiger partial charge in [-0.05, 0) is 60.9 Å². The summed E-state index contributed by atoms with van der Waals surface area (Å²) >= 11 is 1.70. The smallest absolute Gasteiger partial charge is 0.262 e. The van der Waals surface area contributed by atoms with E-state index in [2.05, 4.69) is 39.6 Å². The average molecular weight is 429 g/mol. The van der Waals surface area contributed by atoms with Crippen LogP contribution in [0.1, 0.15) is 33.7 Å². The van der Waals surface area contributed by atoms with E-state index >= 15 is 0 Å². The van der Waals surface area contributed by atoms with Gasteiger partial charge < -0.3 is 5.32 Å². The predicted molar refractivity (Wildman–Crippen MR) is 124 cm³/mol. The number of hydrogen-bond donors (Lipinski definition) is 1. The maximum Gasteiger partial charge on any atom is 0.262 e. The van der Waals surface area contributed by atoms with Crippen LogP contribution >= 0.6 is 11.3 Å². The largest absolute Gasteiger partial charge is 0.310 e. The lowest BCUT2D eigenvalue weighted by atomic mass is 9.92. The van der Waals surface area contributed by atoms with Crippen LogP contribution in [0.3, 0.4) is 0 Å². The van der Waals surface area contributed by atoms with Crippen LogP contribution in [0.4, 0.5) is 0 Å². The molecule has 0 fully saturated rings. The molecule has 5 nitrogen and oxygen atoms in total. The lowest BCUT2D eigenvalue weighted by molar-refractivity contribution is 0.402. The van der Waals surface area contributed by atoms with E-state index in [1.54, 1.807) is 28.4 Å². The number of fused-ring (bicyclic) bond motifs is 4. The highest BCUT2D eigenvalue weighted by Crippen LogP contribution is 2.34. The third kappa shape index (κ3) is 3.50. The van der Waals surface area contributed by atoms with Gasteiger partial charge in [-0.25, -0.2) is 4.98 Å². The van der Waals surface area contributed by atoms with Crippen molar-refractivity contribution in [1.82, 2.24) is 19.9 Å². The number of rotatable bonds is 4. The van der Waals surface area contributed by atoms with Crippen LogP contribution in [0.2, 0.25) is 0 Å². The molecule has 1 aromatic carbocycles. The molecule has 0 bridgehead atoms. The Bertz CT molecular complexity index is 1290. The monoisotopic (exact) mass is 428 g/mol. The summed E-state index contributed by atoms with van der Waals surface area (Å²) in [6.07, 6.45) is 8.67. The molecule has 3 aromatic heterocycles. The van der Waals surface area contributed by atoms with Gasteiger partial charge in [0.05, 0.1) is 24.0 Å². The second kappa shape index (κ2) is 7.70. The maximum atomic E-state index is 13.2. The first-order valence-electron chi connectivity index (χ1n) is 11.0. The van der Waals surface area contributed by atoms with Gasteiger partial charge in [-0.2, -0.15) is 0 Å². The SMILES string of the molecule is O=c1c2c3c(sc2ncn1Cc1ccccn1)CC(NC1Cc2ccccc2C1)CC3. The summed E-state index contributed by atoms with van der Waals surface area (Å²) < 4.78 is 1.69. The van der Waals surface area contributed by atoms with E-state index < -0.39 is 0 Å². The van der Waals surface area contributed by atoms with Gasteiger partial charge in [-0.15, -0.1) is 11.3 Å². The van der Waals surface area contributed by atoms with Crippen LogP contribution < -0.4 is 10.9 Å². The zero-order valence-electron chi connectivity index (χ0n) is 17.3. The highest BCUT2D eigenvalue weighted by atomic mass is 32.1. The van der Waals surface area contributed by atoms with Crippen molar-refractivity contribution in [2.75, 3.05) is 0 Å². The Kier molecular flexibility index (Phi) is 4.69. The van der Waals surface area contributed by atoms with Crippen molar-refractivity contribution < 1.29 is 0 Å². The molecule has 0 saturated carbocycles. The molecule has 0 amide bonds. The van der Waals surface area contributed by atoms with Gasteiger partial charge in [0.1, 0.15) is 4.83 Å². The second-order valence-corrected chi connectivity index (χ2v) is 9.75. The summed E-state index contributed by atoms with van der Waals surface area (Å²) in [5.74, 6) is 0. The molecule has 6 heteroatoms. The fourth-order valence-electron chi connectivity index (χ4n) is 5.13. The Morgan fingerprint density at radius 1 is 1.00 bits per heavy atom. The molecule has 156 valence electrons. The summed E-state index contributed by atoms with van der Waals surface area (Å²) in [6, 6.07) is 15.5. The van der Waals surface area contributed by atoms with Crippen LogP contribution in [0, 0.1) is 0 Å². The average Bonchev–Trinajstić information content (AvgIpc) is 3.37. The van der Waals surface area contributed by atoms with Crippen molar-refractivity contribution in [2.45, 2.75) is 50.7 Å². The van der Waals surface area contributed by atoms with Crippen LogP contribution in [0.15, 0.2) is 59.8 Å². The molecule has 0 radical (unpaired) electrons. The quantitative estimate of drug-likeness (QED) is 0.540. The zero-order chi connectivity index (χ0) is 20.8. The highest BCUT2D eigenvalue weighted by molar-refractivity contribution is 7.18. The molecule has 0 spiro atoms. The molecule has 1 N–H and O–H groups in total. The Morgan fingerprint density at radius 3 is 2.58 bits per heavy atom. The predicted octanol–water partition coefficient (Wildman–Crippen LogP) is 3.52. The van der Waals surface area contributed by atoms with E-state index in [0.29, 0.717) is 18.6 Å². The van der Waals surface area contributed by atoms with Crippen molar-refractivity contribution in [1.29, 1.82) is 0 Å². The van der Waals surface area contributed by atoms with Crippen LogP contribution in [-0.2, 0) is 32.2 Å². The van der Waals surface area contributed by atoms with Crippen molar-refractivity contribution in [2.24, 2.45) is 0 Å². The van der Waals surface area contributed by atoms with Crippen molar-refractivity contribution in [3.05, 3.63) is 92.6 Å². The minimum Gasteiger partial charge on any atom is -0.310 e. The van der Waals surface area contributed by atoms with Crippen LogP contribution in [0.5, 0.6) is 0 Å². The number of aryl methyl sites for hydroxylation is 1. The molecular weight excluding hydrogens is 404 g/mol. The van der Waals surface area contributed by atoms with E-state index in [0.717, 1.165) is 48.0 Å². The maximum absolute atomic E-state index is 13.2.